The fraction of sp³-hybridized carbons (Fsp3) is 0.200. The third-order valence-corrected chi connectivity index (χ3v) is 1.90. The summed E-state index contributed by atoms with van der Waals surface area (Å²) in [7, 11) is 0. The molecule has 0 heterocycles. The number of amides is 1. The molecule has 0 saturated carbocycles. The van der Waals surface area contributed by atoms with Crippen LogP contribution < -0.4 is 4.74 Å². The van der Waals surface area contributed by atoms with E-state index in [-0.39, 0.29) is 32.7 Å². The van der Waals surface area contributed by atoms with Gasteiger partial charge in [0.15, 0.2) is 5.75 Å². The van der Waals surface area contributed by atoms with Crippen molar-refractivity contribution in [1.29, 1.82) is 0 Å². The quantitative estimate of drug-likeness (QED) is 0.475. The van der Waals surface area contributed by atoms with Crippen LogP contribution in [0.25, 0.3) is 5.32 Å². The summed E-state index contributed by atoms with van der Waals surface area (Å²) in [5.74, 6) is -15.6. The molecule has 0 bridgehead atoms. The Labute approximate surface area is 139 Å². The molecule has 0 atom stereocenters. The zero-order valence-corrected chi connectivity index (χ0v) is 12.8. The first-order valence-electron chi connectivity index (χ1n) is 4.82. The van der Waals surface area contributed by atoms with Crippen molar-refractivity contribution in [1.82, 2.24) is 0 Å². The van der Waals surface area contributed by atoms with Crippen molar-refractivity contribution in [2.24, 2.45) is 0 Å². The number of halogens is 5. The number of carbonyl (C=O) groups excluding carboxylic acids is 1. The molecule has 0 aliphatic carbocycles. The molecule has 1 rings (SSSR count). The smallest absolute Gasteiger partial charge is 0.285 e. The minimum absolute atomic E-state index is 0. The molecule has 0 fully saturated rings. The second-order valence-corrected chi connectivity index (χ2v) is 3.29. The number of aliphatic carboxylic acids is 1. The third kappa shape index (κ3) is 4.88. The van der Waals surface area contributed by atoms with Gasteiger partial charge >= 0.3 is 0 Å². The predicted octanol–water partition coefficient (Wildman–Crippen LogP) is 1.74. The molecule has 0 aromatic heterocycles. The van der Waals surface area contributed by atoms with Gasteiger partial charge in [-0.3, -0.25) is 4.79 Å². The maximum absolute atomic E-state index is 13.1. The Balaban J connectivity index is 0.00000400. The van der Waals surface area contributed by atoms with E-state index in [0.717, 1.165) is 0 Å². The molecule has 0 aliphatic heterocycles. The van der Waals surface area contributed by atoms with Crippen LogP contribution in [0.1, 0.15) is 0 Å². The van der Waals surface area contributed by atoms with E-state index in [4.69, 9.17) is 5.11 Å². The van der Waals surface area contributed by atoms with Crippen LogP contribution in [-0.2, 0) is 42.3 Å². The molecule has 0 aliphatic rings. The SMILES string of the molecule is O=C(O)C[N-]C(=O)COc1c(F)c(F)c(F)c(F)c1F.[Y]. The summed E-state index contributed by atoms with van der Waals surface area (Å²) in [6.07, 6.45) is 0. The van der Waals surface area contributed by atoms with Crippen molar-refractivity contribution in [2.75, 3.05) is 13.2 Å². The van der Waals surface area contributed by atoms with E-state index in [1.165, 1.54) is 0 Å². The first-order chi connectivity index (χ1) is 9.25. The molecule has 1 aromatic carbocycles. The molecule has 113 valence electrons. The zero-order valence-electron chi connectivity index (χ0n) is 10.0. The van der Waals surface area contributed by atoms with Crippen LogP contribution in [-0.4, -0.2) is 30.1 Å². The Morgan fingerprint density at radius 3 is 1.81 bits per heavy atom. The standard InChI is InChI=1S/C10H6F5NO4.Y/c11-5-6(12)8(14)10(9(15)7(5)13)20-2-3(17)16-1-4(18)19;/h1-2H2,(H2,16,17,18,19);/p-1. The van der Waals surface area contributed by atoms with Gasteiger partial charge in [0.25, 0.3) is 5.97 Å². The molecule has 1 radical (unpaired) electrons. The van der Waals surface area contributed by atoms with Crippen LogP contribution in [0.4, 0.5) is 22.0 Å². The fourth-order valence-electron chi connectivity index (χ4n) is 1.05. The van der Waals surface area contributed by atoms with Crippen molar-refractivity contribution in [3.63, 3.8) is 0 Å². The summed E-state index contributed by atoms with van der Waals surface area (Å²) >= 11 is 0. The molecule has 1 amide bonds. The van der Waals surface area contributed by atoms with E-state index in [1.54, 1.807) is 0 Å². The van der Waals surface area contributed by atoms with E-state index >= 15 is 0 Å². The summed E-state index contributed by atoms with van der Waals surface area (Å²) in [4.78, 5) is 21.0. The van der Waals surface area contributed by atoms with Crippen LogP contribution in [0.2, 0.25) is 0 Å². The second kappa shape index (κ2) is 8.23. The number of hydrogen-bond acceptors (Lipinski definition) is 3. The molecule has 21 heavy (non-hydrogen) atoms. The zero-order chi connectivity index (χ0) is 15.4. The Morgan fingerprint density at radius 2 is 1.38 bits per heavy atom. The maximum Gasteiger partial charge on any atom is 0.285 e. The number of rotatable bonds is 5. The predicted molar refractivity (Wildman–Crippen MR) is 52.6 cm³/mol. The van der Waals surface area contributed by atoms with E-state index in [9.17, 15) is 31.5 Å². The van der Waals surface area contributed by atoms with E-state index in [1.807, 2.05) is 0 Å². The summed E-state index contributed by atoms with van der Waals surface area (Å²) in [5.41, 5.74) is 0. The van der Waals surface area contributed by atoms with Gasteiger partial charge < -0.3 is 20.0 Å². The van der Waals surface area contributed by atoms with E-state index < -0.39 is 59.9 Å². The minimum atomic E-state index is -2.37. The number of carbonyl (C=O) groups is 2. The Kier molecular flexibility index (Phi) is 7.72. The molecule has 0 spiro atoms. The van der Waals surface area contributed by atoms with Gasteiger partial charge in [-0.2, -0.15) is 8.78 Å². The summed E-state index contributed by atoms with van der Waals surface area (Å²) in [6, 6.07) is 0. The Morgan fingerprint density at radius 1 is 0.952 bits per heavy atom. The molecule has 0 saturated heterocycles. The normalized spacial score (nSPS) is 9.76. The van der Waals surface area contributed by atoms with Crippen molar-refractivity contribution in [2.45, 2.75) is 0 Å². The largest absolute Gasteiger partial charge is 0.642 e. The van der Waals surface area contributed by atoms with Gasteiger partial charge in [0.1, 0.15) is 6.61 Å². The van der Waals surface area contributed by atoms with Gasteiger partial charge in [-0.05, 0) is 6.54 Å². The number of carboxylic acid groups (broad SMARTS) is 1. The van der Waals surface area contributed by atoms with Gasteiger partial charge in [0.05, 0.1) is 5.91 Å². The van der Waals surface area contributed by atoms with Crippen molar-refractivity contribution in [3.05, 3.63) is 34.4 Å². The maximum atomic E-state index is 13.1. The van der Waals surface area contributed by atoms with E-state index in [2.05, 4.69) is 10.1 Å². The van der Waals surface area contributed by atoms with Gasteiger partial charge in [-0.15, -0.1) is 0 Å². The van der Waals surface area contributed by atoms with Gasteiger partial charge in [-0.25, -0.2) is 13.2 Å². The van der Waals surface area contributed by atoms with Crippen LogP contribution >= 0.6 is 0 Å². The van der Waals surface area contributed by atoms with Gasteiger partial charge in [0.2, 0.25) is 29.1 Å². The van der Waals surface area contributed by atoms with E-state index in [0.29, 0.717) is 0 Å². The van der Waals surface area contributed by atoms with Gasteiger partial charge in [-0.1, -0.05) is 0 Å². The summed E-state index contributed by atoms with van der Waals surface area (Å²) in [5, 5.41) is 11.1. The second-order valence-electron chi connectivity index (χ2n) is 3.29. The molecule has 1 aromatic rings. The molecule has 5 nitrogen and oxygen atoms in total. The first-order valence-corrected chi connectivity index (χ1v) is 4.82. The number of ether oxygens (including phenoxy) is 1. The topological polar surface area (TPSA) is 77.7 Å². The molecular weight excluding hydrogens is 382 g/mol. The summed E-state index contributed by atoms with van der Waals surface area (Å²) < 4.78 is 68.5. The average Bonchev–Trinajstić information content (AvgIpc) is 2.40. The third-order valence-electron chi connectivity index (χ3n) is 1.90. The molecule has 1 N–H and O–H groups in total. The number of benzene rings is 1. The Bertz CT molecular complexity index is 540. The van der Waals surface area contributed by atoms with Crippen LogP contribution in [0.5, 0.6) is 5.75 Å². The number of hydrogen-bond donors (Lipinski definition) is 1. The van der Waals surface area contributed by atoms with Crippen molar-refractivity contribution in [3.8, 4) is 5.75 Å². The van der Waals surface area contributed by atoms with Gasteiger partial charge in [0, 0.05) is 32.7 Å². The fourth-order valence-corrected chi connectivity index (χ4v) is 1.05. The van der Waals surface area contributed by atoms with Crippen molar-refractivity contribution >= 4 is 11.9 Å². The number of carboxylic acids is 1. The minimum Gasteiger partial charge on any atom is -0.642 e. The Hall–Kier alpha value is -1.29. The molecule has 11 heteroatoms. The molecule has 0 unspecified atom stereocenters. The van der Waals surface area contributed by atoms with Crippen LogP contribution in [0.15, 0.2) is 0 Å². The van der Waals surface area contributed by atoms with Crippen LogP contribution in [0, 0.1) is 29.1 Å². The molecular formula is C10H5F5NO4Y-. The summed E-state index contributed by atoms with van der Waals surface area (Å²) in [6.45, 7) is -2.09. The monoisotopic (exact) mass is 387 g/mol. The average molecular weight is 387 g/mol. The first kappa shape index (κ1) is 19.7. The van der Waals surface area contributed by atoms with Crippen molar-refractivity contribution < 1.29 is 74.1 Å². The number of nitrogens with zero attached hydrogens (tertiary/aromatic N) is 1. The van der Waals surface area contributed by atoms with Crippen LogP contribution in [0.3, 0.4) is 0 Å².